The Morgan fingerprint density at radius 3 is 2.70 bits per heavy atom. The van der Waals surface area contributed by atoms with E-state index in [1.807, 2.05) is 0 Å². The minimum Gasteiger partial charge on any atom is -0.388 e. The fraction of sp³-hybridized carbons (Fsp3) is 0.500. The SMILES string of the molecule is C=C(C(=O)ON)C(O)CC. The van der Waals surface area contributed by atoms with Crippen LogP contribution < -0.4 is 5.90 Å². The maximum absolute atomic E-state index is 10.5. The summed E-state index contributed by atoms with van der Waals surface area (Å²) in [6, 6.07) is 0. The topological polar surface area (TPSA) is 72.5 Å². The van der Waals surface area contributed by atoms with E-state index in [1.165, 1.54) is 0 Å². The number of rotatable bonds is 3. The van der Waals surface area contributed by atoms with E-state index in [9.17, 15) is 4.79 Å². The third-order valence-corrected chi connectivity index (χ3v) is 1.16. The van der Waals surface area contributed by atoms with Gasteiger partial charge in [0.1, 0.15) is 0 Å². The molecule has 0 rings (SSSR count). The first kappa shape index (κ1) is 9.13. The Labute approximate surface area is 59.2 Å². The molecule has 3 N–H and O–H groups in total. The highest BCUT2D eigenvalue weighted by atomic mass is 16.7. The highest BCUT2D eigenvalue weighted by Gasteiger charge is 2.14. The van der Waals surface area contributed by atoms with Crippen LogP contribution in [0.2, 0.25) is 0 Å². The molecule has 0 radical (unpaired) electrons. The third kappa shape index (κ3) is 2.16. The van der Waals surface area contributed by atoms with Crippen molar-refractivity contribution in [3.63, 3.8) is 0 Å². The molecule has 0 aromatic heterocycles. The summed E-state index contributed by atoms with van der Waals surface area (Å²) >= 11 is 0. The van der Waals surface area contributed by atoms with Crippen molar-refractivity contribution < 1.29 is 14.7 Å². The second kappa shape index (κ2) is 4.03. The third-order valence-electron chi connectivity index (χ3n) is 1.16. The van der Waals surface area contributed by atoms with E-state index in [-0.39, 0.29) is 5.57 Å². The number of carbonyl (C=O) groups is 1. The number of nitrogens with two attached hydrogens (primary N) is 1. The average Bonchev–Trinajstić information content (AvgIpc) is 2.00. The maximum Gasteiger partial charge on any atom is 0.354 e. The fourth-order valence-electron chi connectivity index (χ4n) is 0.458. The second-order valence-electron chi connectivity index (χ2n) is 1.85. The Morgan fingerprint density at radius 2 is 2.40 bits per heavy atom. The number of hydrogen-bond acceptors (Lipinski definition) is 4. The molecule has 0 amide bonds. The van der Waals surface area contributed by atoms with Crippen molar-refractivity contribution in [2.75, 3.05) is 0 Å². The van der Waals surface area contributed by atoms with Crippen molar-refractivity contribution in [3.8, 4) is 0 Å². The van der Waals surface area contributed by atoms with Gasteiger partial charge >= 0.3 is 5.97 Å². The minimum atomic E-state index is -0.851. The van der Waals surface area contributed by atoms with E-state index in [2.05, 4.69) is 17.3 Å². The molecule has 0 bridgehead atoms. The zero-order valence-corrected chi connectivity index (χ0v) is 5.83. The Hall–Kier alpha value is -0.870. The van der Waals surface area contributed by atoms with E-state index in [0.717, 1.165) is 0 Å². The highest BCUT2D eigenvalue weighted by Crippen LogP contribution is 2.03. The van der Waals surface area contributed by atoms with E-state index in [4.69, 9.17) is 5.11 Å². The van der Waals surface area contributed by atoms with E-state index in [0.29, 0.717) is 6.42 Å². The van der Waals surface area contributed by atoms with Crippen molar-refractivity contribution in [2.24, 2.45) is 5.90 Å². The van der Waals surface area contributed by atoms with Crippen LogP contribution in [0, 0.1) is 0 Å². The predicted molar refractivity (Wildman–Crippen MR) is 35.7 cm³/mol. The van der Waals surface area contributed by atoms with Crippen LogP contribution >= 0.6 is 0 Å². The molecule has 0 aromatic carbocycles. The van der Waals surface area contributed by atoms with Gasteiger partial charge in [0.05, 0.1) is 11.7 Å². The molecule has 0 heterocycles. The van der Waals surface area contributed by atoms with Crippen LogP contribution in [0.15, 0.2) is 12.2 Å². The van der Waals surface area contributed by atoms with Gasteiger partial charge in [0.25, 0.3) is 0 Å². The molecular formula is C6H11NO3. The molecule has 0 saturated carbocycles. The van der Waals surface area contributed by atoms with Crippen molar-refractivity contribution in [2.45, 2.75) is 19.4 Å². The average molecular weight is 145 g/mol. The lowest BCUT2D eigenvalue weighted by Crippen LogP contribution is -2.20. The summed E-state index contributed by atoms with van der Waals surface area (Å²) < 4.78 is 0. The molecule has 0 fully saturated rings. The van der Waals surface area contributed by atoms with Crippen molar-refractivity contribution in [1.82, 2.24) is 0 Å². The quantitative estimate of drug-likeness (QED) is 0.423. The Kier molecular flexibility index (Phi) is 3.68. The van der Waals surface area contributed by atoms with Crippen LogP contribution in [-0.4, -0.2) is 17.2 Å². The summed E-state index contributed by atoms with van der Waals surface area (Å²) in [5.41, 5.74) is -0.00926. The molecule has 58 valence electrons. The first-order valence-corrected chi connectivity index (χ1v) is 2.91. The zero-order chi connectivity index (χ0) is 8.15. The van der Waals surface area contributed by atoms with Crippen LogP contribution in [-0.2, 0) is 9.63 Å². The molecule has 4 nitrogen and oxygen atoms in total. The number of carbonyl (C=O) groups excluding carboxylic acids is 1. The molecule has 10 heavy (non-hydrogen) atoms. The number of hydrogen-bond donors (Lipinski definition) is 2. The van der Waals surface area contributed by atoms with Crippen molar-refractivity contribution in [3.05, 3.63) is 12.2 Å². The molecule has 4 heteroatoms. The Morgan fingerprint density at radius 1 is 1.90 bits per heavy atom. The monoisotopic (exact) mass is 145 g/mol. The number of aliphatic hydroxyl groups excluding tert-OH is 1. The summed E-state index contributed by atoms with van der Waals surface area (Å²) in [5.74, 6) is 3.77. The highest BCUT2D eigenvalue weighted by molar-refractivity contribution is 5.88. The lowest BCUT2D eigenvalue weighted by atomic mass is 10.1. The van der Waals surface area contributed by atoms with Gasteiger partial charge in [0.2, 0.25) is 0 Å². The summed E-state index contributed by atoms with van der Waals surface area (Å²) in [6.45, 7) is 5.01. The predicted octanol–water partition coefficient (Wildman–Crippen LogP) is -0.270. The molecule has 0 spiro atoms. The van der Waals surface area contributed by atoms with Gasteiger partial charge in [-0.25, -0.2) is 4.79 Å². The van der Waals surface area contributed by atoms with Gasteiger partial charge in [-0.05, 0) is 6.42 Å². The Bertz CT molecular complexity index is 144. The van der Waals surface area contributed by atoms with E-state index in [1.54, 1.807) is 6.92 Å². The van der Waals surface area contributed by atoms with Gasteiger partial charge in [-0.1, -0.05) is 13.5 Å². The van der Waals surface area contributed by atoms with Gasteiger partial charge in [-0.2, -0.15) is 5.90 Å². The first-order valence-electron chi connectivity index (χ1n) is 2.91. The molecular weight excluding hydrogens is 134 g/mol. The number of aliphatic hydroxyl groups is 1. The fourth-order valence-corrected chi connectivity index (χ4v) is 0.458. The standard InChI is InChI=1S/C6H11NO3/c1-3-5(8)4(2)6(9)10-7/h5,8H,2-3,7H2,1H3. The minimum absolute atomic E-state index is 0.00926. The molecule has 1 unspecified atom stereocenters. The van der Waals surface area contributed by atoms with E-state index < -0.39 is 12.1 Å². The van der Waals surface area contributed by atoms with Crippen LogP contribution in [0.3, 0.4) is 0 Å². The molecule has 1 atom stereocenters. The molecule has 0 aliphatic heterocycles. The zero-order valence-electron chi connectivity index (χ0n) is 5.83. The molecule has 0 saturated heterocycles. The lowest BCUT2D eigenvalue weighted by molar-refractivity contribution is -0.140. The summed E-state index contributed by atoms with van der Waals surface area (Å²) in [7, 11) is 0. The molecule has 0 aromatic rings. The maximum atomic E-state index is 10.5. The van der Waals surface area contributed by atoms with Gasteiger partial charge in [0, 0.05) is 0 Å². The van der Waals surface area contributed by atoms with Gasteiger partial charge in [-0.15, -0.1) is 0 Å². The molecule has 0 aliphatic rings. The van der Waals surface area contributed by atoms with Crippen molar-refractivity contribution >= 4 is 5.97 Å². The van der Waals surface area contributed by atoms with Gasteiger partial charge < -0.3 is 9.94 Å². The summed E-state index contributed by atoms with van der Waals surface area (Å²) in [5, 5.41) is 8.97. The van der Waals surface area contributed by atoms with Crippen LogP contribution in [0.5, 0.6) is 0 Å². The van der Waals surface area contributed by atoms with E-state index >= 15 is 0 Å². The first-order chi connectivity index (χ1) is 4.63. The summed E-state index contributed by atoms with van der Waals surface area (Å²) in [4.78, 5) is 14.3. The van der Waals surface area contributed by atoms with Crippen LogP contribution in [0.1, 0.15) is 13.3 Å². The van der Waals surface area contributed by atoms with Crippen LogP contribution in [0.25, 0.3) is 0 Å². The van der Waals surface area contributed by atoms with Gasteiger partial charge in [0.15, 0.2) is 0 Å². The lowest BCUT2D eigenvalue weighted by Gasteiger charge is -2.07. The largest absolute Gasteiger partial charge is 0.388 e. The van der Waals surface area contributed by atoms with Gasteiger partial charge in [-0.3, -0.25) is 0 Å². The van der Waals surface area contributed by atoms with Crippen molar-refractivity contribution in [1.29, 1.82) is 0 Å². The summed E-state index contributed by atoms with van der Waals surface area (Å²) in [6.07, 6.45) is -0.426. The molecule has 0 aliphatic carbocycles. The second-order valence-corrected chi connectivity index (χ2v) is 1.85. The Balaban J connectivity index is 3.95. The smallest absolute Gasteiger partial charge is 0.354 e. The van der Waals surface area contributed by atoms with Crippen LogP contribution in [0.4, 0.5) is 0 Å². The normalized spacial score (nSPS) is 12.3.